The number of piperazine rings is 1. The van der Waals surface area contributed by atoms with Crippen LogP contribution in [0.3, 0.4) is 0 Å². The fourth-order valence-corrected chi connectivity index (χ4v) is 6.14. The van der Waals surface area contributed by atoms with Gasteiger partial charge in [-0.25, -0.2) is 12.8 Å². The Bertz CT molecular complexity index is 992. The molecular formula is C21H23FN2O4S. The molecule has 2 atom stereocenters. The maximum Gasteiger partial charge on any atom is 0.241 e. The predicted octanol–water partition coefficient (Wildman–Crippen LogP) is 2.24. The van der Waals surface area contributed by atoms with Crippen molar-refractivity contribution in [3.63, 3.8) is 0 Å². The van der Waals surface area contributed by atoms with E-state index < -0.39 is 15.9 Å². The predicted molar refractivity (Wildman–Crippen MR) is 108 cm³/mol. The molecule has 0 unspecified atom stereocenters. The lowest BCUT2D eigenvalue weighted by Crippen LogP contribution is -2.61. The minimum atomic E-state index is -3.26. The Morgan fingerprint density at radius 3 is 2.34 bits per heavy atom. The molecule has 0 radical (unpaired) electrons. The molecule has 0 saturated carbocycles. The largest absolute Gasteiger partial charge is 0.494 e. The van der Waals surface area contributed by atoms with Gasteiger partial charge >= 0.3 is 0 Å². The molecule has 1 amide bonds. The van der Waals surface area contributed by atoms with Crippen LogP contribution in [0.5, 0.6) is 5.75 Å². The molecular weight excluding hydrogens is 395 g/mol. The van der Waals surface area contributed by atoms with Crippen LogP contribution in [0.15, 0.2) is 48.5 Å². The number of hydrogen-bond donors (Lipinski definition) is 0. The molecule has 29 heavy (non-hydrogen) atoms. The van der Waals surface area contributed by atoms with E-state index in [9.17, 15) is 17.6 Å². The number of hydrogen-bond acceptors (Lipinski definition) is 5. The summed E-state index contributed by atoms with van der Waals surface area (Å²) in [5.74, 6) is 0.186. The highest BCUT2D eigenvalue weighted by atomic mass is 32.2. The number of benzene rings is 2. The number of rotatable bonds is 5. The monoisotopic (exact) mass is 418 g/mol. The molecule has 6 nitrogen and oxygen atoms in total. The number of ether oxygens (including phenoxy) is 1. The third-order valence-electron chi connectivity index (χ3n) is 5.43. The van der Waals surface area contributed by atoms with Gasteiger partial charge in [-0.2, -0.15) is 0 Å². The van der Waals surface area contributed by atoms with Crippen LogP contribution in [-0.2, 0) is 21.2 Å². The summed E-state index contributed by atoms with van der Waals surface area (Å²) >= 11 is 0. The van der Waals surface area contributed by atoms with Crippen LogP contribution in [0.4, 0.5) is 10.1 Å². The fourth-order valence-electron chi connectivity index (χ4n) is 4.16. The van der Waals surface area contributed by atoms with E-state index in [0.717, 1.165) is 5.56 Å². The van der Waals surface area contributed by atoms with E-state index in [-0.39, 0.29) is 35.8 Å². The minimum Gasteiger partial charge on any atom is -0.494 e. The quantitative estimate of drug-likeness (QED) is 0.745. The average molecular weight is 418 g/mol. The summed E-state index contributed by atoms with van der Waals surface area (Å²) in [7, 11) is -3.26. The number of halogens is 1. The van der Waals surface area contributed by atoms with Gasteiger partial charge in [0, 0.05) is 18.3 Å². The van der Waals surface area contributed by atoms with Crippen LogP contribution in [-0.4, -0.2) is 56.0 Å². The highest BCUT2D eigenvalue weighted by Crippen LogP contribution is 2.33. The molecule has 0 aromatic heterocycles. The molecule has 0 bridgehead atoms. The summed E-state index contributed by atoms with van der Waals surface area (Å²) in [6, 6.07) is 12.5. The summed E-state index contributed by atoms with van der Waals surface area (Å²) in [6.45, 7) is 2.95. The molecule has 2 aliphatic rings. The van der Waals surface area contributed by atoms with Crippen LogP contribution < -0.4 is 9.64 Å². The molecule has 4 rings (SSSR count). The first-order chi connectivity index (χ1) is 13.9. The Kier molecular flexibility index (Phi) is 5.31. The van der Waals surface area contributed by atoms with Crippen LogP contribution >= 0.6 is 0 Å². The highest BCUT2D eigenvalue weighted by molar-refractivity contribution is 7.91. The average Bonchev–Trinajstić information content (AvgIpc) is 3.00. The van der Waals surface area contributed by atoms with E-state index in [1.807, 2.05) is 11.8 Å². The van der Waals surface area contributed by atoms with Crippen LogP contribution in [0.25, 0.3) is 0 Å². The zero-order chi connectivity index (χ0) is 20.6. The zero-order valence-corrected chi connectivity index (χ0v) is 16.9. The van der Waals surface area contributed by atoms with Gasteiger partial charge in [-0.05, 0) is 48.9 Å². The Morgan fingerprint density at radius 2 is 1.69 bits per heavy atom. The van der Waals surface area contributed by atoms with Gasteiger partial charge in [-0.3, -0.25) is 9.69 Å². The minimum absolute atomic E-state index is 0.0136. The van der Waals surface area contributed by atoms with Crippen LogP contribution in [0, 0.1) is 5.82 Å². The lowest BCUT2D eigenvalue weighted by atomic mass is 10.0. The van der Waals surface area contributed by atoms with Crippen molar-refractivity contribution in [3.05, 3.63) is 59.9 Å². The number of sulfone groups is 1. The van der Waals surface area contributed by atoms with Gasteiger partial charge < -0.3 is 9.64 Å². The van der Waals surface area contributed by atoms with E-state index in [2.05, 4.69) is 0 Å². The van der Waals surface area contributed by atoms with Crippen molar-refractivity contribution in [3.8, 4) is 5.75 Å². The molecule has 2 aromatic rings. The van der Waals surface area contributed by atoms with Gasteiger partial charge in [-0.1, -0.05) is 12.1 Å². The number of anilines is 1. The van der Waals surface area contributed by atoms with Gasteiger partial charge in [0.05, 0.1) is 30.7 Å². The van der Waals surface area contributed by atoms with Crippen molar-refractivity contribution in [1.29, 1.82) is 0 Å². The number of fused-ring (bicyclic) bond motifs is 1. The van der Waals surface area contributed by atoms with Crippen molar-refractivity contribution in [1.82, 2.24) is 4.90 Å². The second kappa shape index (κ2) is 7.76. The number of amides is 1. The topological polar surface area (TPSA) is 66.9 Å². The van der Waals surface area contributed by atoms with Gasteiger partial charge in [0.2, 0.25) is 5.91 Å². The molecule has 2 heterocycles. The molecule has 2 fully saturated rings. The Morgan fingerprint density at radius 1 is 1.03 bits per heavy atom. The Balaban J connectivity index is 1.61. The van der Waals surface area contributed by atoms with Gasteiger partial charge in [-0.15, -0.1) is 0 Å². The summed E-state index contributed by atoms with van der Waals surface area (Å²) in [5.41, 5.74) is 1.52. The molecule has 154 valence electrons. The van der Waals surface area contributed by atoms with Crippen molar-refractivity contribution >= 4 is 21.4 Å². The third kappa shape index (κ3) is 4.13. The van der Waals surface area contributed by atoms with E-state index >= 15 is 0 Å². The summed E-state index contributed by atoms with van der Waals surface area (Å²) < 4.78 is 43.5. The standard InChI is InChI=1S/C21H23FN2O4S/c1-2-28-18-9-7-17(8-10-18)24-20-14-29(26,27)13-19(20)23(12-21(24)25)11-15-3-5-16(22)6-4-15/h3-10,19-20H,2,11-14H2,1H3/t19-,20-/m1/s1. The van der Waals surface area contributed by atoms with Crippen molar-refractivity contribution in [2.24, 2.45) is 0 Å². The van der Waals surface area contributed by atoms with Gasteiger partial charge in [0.15, 0.2) is 9.84 Å². The molecule has 2 aliphatic heterocycles. The Labute approximate surface area is 169 Å². The normalized spacial score (nSPS) is 23.8. The number of carbonyl (C=O) groups excluding carboxylic acids is 1. The van der Waals surface area contributed by atoms with E-state index in [1.54, 1.807) is 41.3 Å². The Hall–Kier alpha value is -2.45. The second-order valence-corrected chi connectivity index (χ2v) is 9.59. The maximum atomic E-state index is 13.2. The van der Waals surface area contributed by atoms with Crippen LogP contribution in [0.1, 0.15) is 12.5 Å². The second-order valence-electron chi connectivity index (χ2n) is 7.43. The molecule has 8 heteroatoms. The lowest BCUT2D eigenvalue weighted by Gasteiger charge is -2.43. The number of nitrogens with zero attached hydrogens (tertiary/aromatic N) is 2. The molecule has 2 saturated heterocycles. The van der Waals surface area contributed by atoms with E-state index in [0.29, 0.717) is 24.6 Å². The molecule has 2 aromatic carbocycles. The van der Waals surface area contributed by atoms with E-state index in [4.69, 9.17) is 4.74 Å². The third-order valence-corrected chi connectivity index (χ3v) is 7.12. The summed E-state index contributed by atoms with van der Waals surface area (Å²) in [5, 5.41) is 0. The van der Waals surface area contributed by atoms with Crippen molar-refractivity contribution in [2.75, 3.05) is 29.6 Å². The molecule has 0 N–H and O–H groups in total. The van der Waals surface area contributed by atoms with Gasteiger partial charge in [0.25, 0.3) is 0 Å². The molecule has 0 aliphatic carbocycles. The smallest absolute Gasteiger partial charge is 0.241 e. The first-order valence-electron chi connectivity index (χ1n) is 9.60. The SMILES string of the molecule is CCOc1ccc(N2C(=O)CN(Cc3ccc(F)cc3)[C@@H]3CS(=O)(=O)C[C@H]32)cc1. The summed E-state index contributed by atoms with van der Waals surface area (Å²) in [6.07, 6.45) is 0. The highest BCUT2D eigenvalue weighted by Gasteiger charge is 2.49. The zero-order valence-electron chi connectivity index (χ0n) is 16.1. The first-order valence-corrected chi connectivity index (χ1v) is 11.4. The fraction of sp³-hybridized carbons (Fsp3) is 0.381. The lowest BCUT2D eigenvalue weighted by molar-refractivity contribution is -0.123. The molecule has 0 spiro atoms. The maximum absolute atomic E-state index is 13.2. The van der Waals surface area contributed by atoms with Gasteiger partial charge in [0.1, 0.15) is 11.6 Å². The van der Waals surface area contributed by atoms with Crippen LogP contribution in [0.2, 0.25) is 0 Å². The van der Waals surface area contributed by atoms with Crippen molar-refractivity contribution in [2.45, 2.75) is 25.6 Å². The van der Waals surface area contributed by atoms with Crippen molar-refractivity contribution < 1.29 is 22.3 Å². The summed E-state index contributed by atoms with van der Waals surface area (Å²) in [4.78, 5) is 16.5. The van der Waals surface area contributed by atoms with E-state index in [1.165, 1.54) is 12.1 Å². The first kappa shape index (κ1) is 19.8. The number of carbonyl (C=O) groups is 1.